The molecule has 1 aromatic heterocycles. The second-order valence-corrected chi connectivity index (χ2v) is 4.78. The van der Waals surface area contributed by atoms with Crippen LogP contribution in [0.25, 0.3) is 16.8 Å². The monoisotopic (exact) mass is 295 g/mol. The molecular formula is C17H11F2N3. The number of halogens is 2. The second kappa shape index (κ2) is 5.34. The number of nitriles is 1. The van der Waals surface area contributed by atoms with Gasteiger partial charge < -0.3 is 10.3 Å². The minimum absolute atomic E-state index is 0.145. The molecule has 3 nitrogen and oxygen atoms in total. The molecule has 0 saturated carbocycles. The molecule has 22 heavy (non-hydrogen) atoms. The number of nitrogens with zero attached hydrogens (tertiary/aromatic N) is 2. The summed E-state index contributed by atoms with van der Waals surface area (Å²) in [6, 6.07) is 14.4. The number of aromatic nitrogens is 1. The first-order chi connectivity index (χ1) is 10.6. The van der Waals surface area contributed by atoms with Gasteiger partial charge in [-0.3, -0.25) is 0 Å². The highest BCUT2D eigenvalue weighted by molar-refractivity contribution is 5.77. The van der Waals surface area contributed by atoms with Gasteiger partial charge in [-0.1, -0.05) is 30.3 Å². The molecule has 2 aromatic carbocycles. The third kappa shape index (κ3) is 2.31. The molecule has 1 heterocycles. The Morgan fingerprint density at radius 2 is 1.64 bits per heavy atom. The van der Waals surface area contributed by atoms with Gasteiger partial charge in [0.05, 0.1) is 5.69 Å². The Bertz CT molecular complexity index is 857. The Balaban J connectivity index is 2.23. The predicted octanol–water partition coefficient (Wildman–Crippen LogP) is 3.88. The molecule has 0 spiro atoms. The molecule has 0 aliphatic rings. The third-order valence-corrected chi connectivity index (χ3v) is 3.37. The molecule has 0 atom stereocenters. The Hall–Kier alpha value is -3.13. The van der Waals surface area contributed by atoms with Gasteiger partial charge in [0.25, 0.3) is 0 Å². The van der Waals surface area contributed by atoms with Gasteiger partial charge in [-0.15, -0.1) is 0 Å². The van der Waals surface area contributed by atoms with E-state index in [4.69, 9.17) is 5.73 Å². The fourth-order valence-electron chi connectivity index (χ4n) is 2.37. The second-order valence-electron chi connectivity index (χ2n) is 4.78. The minimum atomic E-state index is -0.706. The molecule has 5 heteroatoms. The molecule has 0 fully saturated rings. The maximum absolute atomic E-state index is 13.4. The van der Waals surface area contributed by atoms with Crippen LogP contribution in [0.4, 0.5) is 14.6 Å². The van der Waals surface area contributed by atoms with Crippen molar-refractivity contribution in [2.75, 3.05) is 5.73 Å². The molecular weight excluding hydrogens is 284 g/mol. The van der Waals surface area contributed by atoms with E-state index in [2.05, 4.69) is 0 Å². The van der Waals surface area contributed by atoms with Crippen molar-refractivity contribution >= 4 is 5.82 Å². The van der Waals surface area contributed by atoms with Crippen LogP contribution in [-0.2, 0) is 0 Å². The lowest BCUT2D eigenvalue weighted by atomic mass is 10.1. The number of benzene rings is 2. The summed E-state index contributed by atoms with van der Waals surface area (Å²) in [6.07, 6.45) is 1.61. The summed E-state index contributed by atoms with van der Waals surface area (Å²) in [4.78, 5) is 0. The van der Waals surface area contributed by atoms with Crippen molar-refractivity contribution in [3.8, 4) is 22.9 Å². The number of rotatable bonds is 2. The number of nitrogen functional groups attached to an aromatic ring is 1. The average molecular weight is 295 g/mol. The zero-order valence-electron chi connectivity index (χ0n) is 11.4. The van der Waals surface area contributed by atoms with Crippen molar-refractivity contribution < 1.29 is 8.78 Å². The van der Waals surface area contributed by atoms with Crippen molar-refractivity contribution in [1.82, 2.24) is 4.57 Å². The first kappa shape index (κ1) is 13.8. The summed E-state index contributed by atoms with van der Waals surface area (Å²) in [6.45, 7) is 0. The molecule has 3 rings (SSSR count). The Morgan fingerprint density at radius 3 is 2.23 bits per heavy atom. The molecule has 2 N–H and O–H groups in total. The van der Waals surface area contributed by atoms with E-state index in [0.717, 1.165) is 23.8 Å². The van der Waals surface area contributed by atoms with E-state index < -0.39 is 11.6 Å². The Labute approximate surface area is 125 Å². The van der Waals surface area contributed by atoms with Crippen LogP contribution >= 0.6 is 0 Å². The van der Waals surface area contributed by atoms with Crippen LogP contribution in [0.2, 0.25) is 0 Å². The number of anilines is 1. The SMILES string of the molecule is N#Cc1c(-c2ccccc2)cn(-c2cc(F)cc(F)c2)c1N. The van der Waals surface area contributed by atoms with Crippen LogP contribution in [0.5, 0.6) is 0 Å². The van der Waals surface area contributed by atoms with Gasteiger partial charge in [-0.25, -0.2) is 8.78 Å². The van der Waals surface area contributed by atoms with Crippen LogP contribution < -0.4 is 5.73 Å². The van der Waals surface area contributed by atoms with Gasteiger partial charge in [-0.05, 0) is 17.7 Å². The minimum Gasteiger partial charge on any atom is -0.384 e. The normalized spacial score (nSPS) is 10.4. The van der Waals surface area contributed by atoms with Crippen molar-refractivity contribution in [1.29, 1.82) is 5.26 Å². The molecule has 0 aliphatic heterocycles. The first-order valence-corrected chi connectivity index (χ1v) is 6.53. The van der Waals surface area contributed by atoms with Crippen molar-refractivity contribution in [3.63, 3.8) is 0 Å². The number of hydrogen-bond donors (Lipinski definition) is 1. The van der Waals surface area contributed by atoms with Gasteiger partial charge in [0, 0.05) is 17.8 Å². The third-order valence-electron chi connectivity index (χ3n) is 3.37. The quantitative estimate of drug-likeness (QED) is 0.780. The van der Waals surface area contributed by atoms with E-state index in [1.54, 1.807) is 6.20 Å². The van der Waals surface area contributed by atoms with Crippen LogP contribution in [0.1, 0.15) is 5.56 Å². The lowest BCUT2D eigenvalue weighted by molar-refractivity contribution is 0.581. The van der Waals surface area contributed by atoms with E-state index in [9.17, 15) is 14.0 Å². The smallest absolute Gasteiger partial charge is 0.128 e. The van der Waals surface area contributed by atoms with Crippen molar-refractivity contribution in [2.45, 2.75) is 0 Å². The summed E-state index contributed by atoms with van der Waals surface area (Å²) in [5, 5.41) is 9.34. The van der Waals surface area contributed by atoms with Gasteiger partial charge in [0.15, 0.2) is 0 Å². The zero-order chi connectivity index (χ0) is 15.7. The average Bonchev–Trinajstić information content (AvgIpc) is 2.84. The topological polar surface area (TPSA) is 54.7 Å². The summed E-state index contributed by atoms with van der Waals surface area (Å²) in [5.41, 5.74) is 7.91. The molecule has 0 radical (unpaired) electrons. The largest absolute Gasteiger partial charge is 0.384 e. The molecule has 0 unspecified atom stereocenters. The van der Waals surface area contributed by atoms with E-state index in [1.165, 1.54) is 4.57 Å². The van der Waals surface area contributed by atoms with E-state index in [-0.39, 0.29) is 17.1 Å². The van der Waals surface area contributed by atoms with Crippen molar-refractivity contribution in [3.05, 3.63) is 71.9 Å². The molecule has 0 aliphatic carbocycles. The van der Waals surface area contributed by atoms with Crippen LogP contribution in [0.15, 0.2) is 54.7 Å². The highest BCUT2D eigenvalue weighted by Crippen LogP contribution is 2.31. The van der Waals surface area contributed by atoms with Crippen LogP contribution in [-0.4, -0.2) is 4.57 Å². The van der Waals surface area contributed by atoms with Crippen LogP contribution in [0, 0.1) is 23.0 Å². The van der Waals surface area contributed by atoms with Gasteiger partial charge in [-0.2, -0.15) is 5.26 Å². The zero-order valence-corrected chi connectivity index (χ0v) is 11.4. The Kier molecular flexibility index (Phi) is 3.36. The van der Waals surface area contributed by atoms with Gasteiger partial charge >= 0.3 is 0 Å². The lowest BCUT2D eigenvalue weighted by Crippen LogP contribution is -2.00. The predicted molar refractivity (Wildman–Crippen MR) is 80.2 cm³/mol. The fourth-order valence-corrected chi connectivity index (χ4v) is 2.37. The van der Waals surface area contributed by atoms with Gasteiger partial charge in [0.1, 0.15) is 29.1 Å². The summed E-state index contributed by atoms with van der Waals surface area (Å²) < 4.78 is 28.2. The van der Waals surface area contributed by atoms with Crippen LogP contribution in [0.3, 0.4) is 0 Å². The lowest BCUT2D eigenvalue weighted by Gasteiger charge is -2.06. The number of nitrogens with two attached hydrogens (primary N) is 1. The molecule has 0 bridgehead atoms. The van der Waals surface area contributed by atoms with Crippen molar-refractivity contribution in [2.24, 2.45) is 0 Å². The van der Waals surface area contributed by atoms with E-state index >= 15 is 0 Å². The molecule has 0 amide bonds. The molecule has 0 saturated heterocycles. The summed E-state index contributed by atoms with van der Waals surface area (Å²) in [7, 11) is 0. The maximum atomic E-state index is 13.4. The Morgan fingerprint density at radius 1 is 1.00 bits per heavy atom. The highest BCUT2D eigenvalue weighted by atomic mass is 19.1. The maximum Gasteiger partial charge on any atom is 0.128 e. The van der Waals surface area contributed by atoms with Gasteiger partial charge in [0.2, 0.25) is 0 Å². The summed E-state index contributed by atoms with van der Waals surface area (Å²) >= 11 is 0. The summed E-state index contributed by atoms with van der Waals surface area (Å²) in [5.74, 6) is -1.27. The first-order valence-electron chi connectivity index (χ1n) is 6.53. The highest BCUT2D eigenvalue weighted by Gasteiger charge is 2.16. The standard InChI is InChI=1S/C17H11F2N3/c18-12-6-13(19)8-14(7-12)22-10-16(15(9-20)17(22)21)11-4-2-1-3-5-11/h1-8,10H,21H2. The van der Waals surface area contributed by atoms with E-state index in [0.29, 0.717) is 5.56 Å². The molecule has 108 valence electrons. The molecule has 3 aromatic rings. The van der Waals surface area contributed by atoms with E-state index in [1.807, 2.05) is 36.4 Å². The fraction of sp³-hybridized carbons (Fsp3) is 0. The number of hydrogen-bond acceptors (Lipinski definition) is 2.